The molecule has 0 aliphatic carbocycles. The Hall–Kier alpha value is -3.20. The van der Waals surface area contributed by atoms with Crippen molar-refractivity contribution in [3.63, 3.8) is 0 Å². The minimum Gasteiger partial charge on any atom is -0.354 e. The maximum atomic E-state index is 14.3. The summed E-state index contributed by atoms with van der Waals surface area (Å²) >= 11 is 0. The van der Waals surface area contributed by atoms with Crippen LogP contribution in [-0.2, 0) is 17.8 Å². The summed E-state index contributed by atoms with van der Waals surface area (Å²) in [5.74, 6) is -0.107. The Balaban J connectivity index is 0.000000890. The Morgan fingerprint density at radius 1 is 1.12 bits per heavy atom. The summed E-state index contributed by atoms with van der Waals surface area (Å²) in [5, 5.41) is 12.8. The van der Waals surface area contributed by atoms with Crippen molar-refractivity contribution >= 4 is 16.8 Å². The zero-order valence-electron chi connectivity index (χ0n) is 20.1. The second-order valence-electron chi connectivity index (χ2n) is 9.08. The highest BCUT2D eigenvalue weighted by atomic mass is 19.1. The standard InChI is InChI=1S/C23H23F2N3O.C4H10/c1-15(27-16(2)29)5-3-8-21-11-18-10-19(13-26)22(25)12-23(18)28(21)14-17-6-4-7-20(24)9-17;1-4(2)3/h4,6-7,9-12,15H,3,5,8,14H2,1-2H3,(H,27,29);4H,1-3H3. The number of aryl methyl sites for hydroxylation is 1. The van der Waals surface area contributed by atoms with Gasteiger partial charge >= 0.3 is 0 Å². The van der Waals surface area contributed by atoms with Gasteiger partial charge in [-0.25, -0.2) is 8.78 Å². The maximum absolute atomic E-state index is 14.3. The zero-order chi connectivity index (χ0) is 24.5. The van der Waals surface area contributed by atoms with Crippen LogP contribution in [0.3, 0.4) is 0 Å². The average molecular weight is 454 g/mol. The summed E-state index contributed by atoms with van der Waals surface area (Å²) in [6.45, 7) is 10.4. The van der Waals surface area contributed by atoms with Crippen LogP contribution >= 0.6 is 0 Å². The number of nitriles is 1. The Bertz CT molecular complexity index is 1130. The van der Waals surface area contributed by atoms with Crippen LogP contribution in [0.2, 0.25) is 0 Å². The Morgan fingerprint density at radius 2 is 1.82 bits per heavy atom. The molecule has 1 aromatic heterocycles. The lowest BCUT2D eigenvalue weighted by atomic mass is 10.1. The van der Waals surface area contributed by atoms with E-state index < -0.39 is 5.82 Å². The van der Waals surface area contributed by atoms with Crippen LogP contribution in [0.1, 0.15) is 64.3 Å². The largest absolute Gasteiger partial charge is 0.354 e. The minimum absolute atomic E-state index is 0.00577. The molecule has 0 radical (unpaired) electrons. The number of nitrogens with one attached hydrogen (secondary N) is 1. The van der Waals surface area contributed by atoms with E-state index in [2.05, 4.69) is 26.1 Å². The van der Waals surface area contributed by atoms with E-state index >= 15 is 0 Å². The number of rotatable bonds is 7. The molecule has 1 N–H and O–H groups in total. The topological polar surface area (TPSA) is 57.8 Å². The quantitative estimate of drug-likeness (QED) is 0.453. The van der Waals surface area contributed by atoms with Crippen LogP contribution in [0.25, 0.3) is 10.9 Å². The van der Waals surface area contributed by atoms with Crippen molar-refractivity contribution in [3.05, 3.63) is 70.9 Å². The number of hydrogen-bond acceptors (Lipinski definition) is 2. The number of amides is 1. The molecule has 33 heavy (non-hydrogen) atoms. The highest BCUT2D eigenvalue weighted by molar-refractivity contribution is 5.83. The Kier molecular flexibility index (Phi) is 9.59. The molecule has 176 valence electrons. The average Bonchev–Trinajstić information content (AvgIpc) is 3.02. The van der Waals surface area contributed by atoms with Crippen molar-refractivity contribution in [2.45, 2.75) is 66.5 Å². The third-order valence-corrected chi connectivity index (χ3v) is 4.95. The number of carbonyl (C=O) groups is 1. The van der Waals surface area contributed by atoms with Gasteiger partial charge < -0.3 is 9.88 Å². The molecular formula is C27H33F2N3O. The first-order chi connectivity index (χ1) is 15.6. The predicted molar refractivity (Wildman–Crippen MR) is 129 cm³/mol. The molecule has 6 heteroatoms. The summed E-state index contributed by atoms with van der Waals surface area (Å²) in [6, 6.07) is 13.2. The lowest BCUT2D eigenvalue weighted by Crippen LogP contribution is -2.30. The van der Waals surface area contributed by atoms with E-state index in [4.69, 9.17) is 5.26 Å². The van der Waals surface area contributed by atoms with Gasteiger partial charge in [0.05, 0.1) is 11.1 Å². The third-order valence-electron chi connectivity index (χ3n) is 4.95. The molecule has 0 fully saturated rings. The molecule has 0 saturated heterocycles. The molecule has 0 spiro atoms. The first kappa shape index (κ1) is 26.1. The van der Waals surface area contributed by atoms with Gasteiger partial charge in [-0.1, -0.05) is 32.9 Å². The molecule has 3 aromatic rings. The molecule has 3 rings (SSSR count). The molecule has 2 aromatic carbocycles. The summed E-state index contributed by atoms with van der Waals surface area (Å²) < 4.78 is 29.9. The van der Waals surface area contributed by atoms with Gasteiger partial charge in [-0.15, -0.1) is 0 Å². The van der Waals surface area contributed by atoms with Gasteiger partial charge in [0, 0.05) is 30.6 Å². The van der Waals surface area contributed by atoms with E-state index in [0.717, 1.165) is 41.8 Å². The minimum atomic E-state index is -0.565. The van der Waals surface area contributed by atoms with Gasteiger partial charge in [0.1, 0.15) is 17.7 Å². The summed E-state index contributed by atoms with van der Waals surface area (Å²) in [4.78, 5) is 11.2. The highest BCUT2D eigenvalue weighted by Crippen LogP contribution is 2.26. The lowest BCUT2D eigenvalue weighted by Gasteiger charge is -2.14. The summed E-state index contributed by atoms with van der Waals surface area (Å²) in [5.41, 5.74) is 2.44. The molecular weight excluding hydrogens is 420 g/mol. The first-order valence-electron chi connectivity index (χ1n) is 11.3. The first-order valence-corrected chi connectivity index (χ1v) is 11.3. The van der Waals surface area contributed by atoms with E-state index in [0.29, 0.717) is 12.1 Å². The zero-order valence-corrected chi connectivity index (χ0v) is 20.1. The Labute approximate surface area is 195 Å². The van der Waals surface area contributed by atoms with Crippen LogP contribution in [-0.4, -0.2) is 16.5 Å². The monoisotopic (exact) mass is 453 g/mol. The molecule has 1 atom stereocenters. The van der Waals surface area contributed by atoms with Gasteiger partial charge in [-0.3, -0.25) is 4.79 Å². The summed E-state index contributed by atoms with van der Waals surface area (Å²) in [6.07, 6.45) is 2.35. The van der Waals surface area contributed by atoms with Crippen molar-refractivity contribution in [2.75, 3.05) is 0 Å². The SMILES string of the molecule is CC(=O)NC(C)CCCc1cc2cc(C#N)c(F)cc2n1Cc1cccc(F)c1.CC(C)C. The number of aromatic nitrogens is 1. The molecule has 4 nitrogen and oxygen atoms in total. The molecule has 0 saturated carbocycles. The molecule has 0 aliphatic heterocycles. The maximum Gasteiger partial charge on any atom is 0.217 e. The van der Waals surface area contributed by atoms with E-state index in [1.165, 1.54) is 25.1 Å². The van der Waals surface area contributed by atoms with E-state index in [1.807, 2.05) is 29.7 Å². The fourth-order valence-electron chi connectivity index (χ4n) is 3.65. The van der Waals surface area contributed by atoms with Crippen LogP contribution in [0.5, 0.6) is 0 Å². The molecule has 1 amide bonds. The Morgan fingerprint density at radius 3 is 2.42 bits per heavy atom. The van der Waals surface area contributed by atoms with E-state index in [1.54, 1.807) is 12.1 Å². The van der Waals surface area contributed by atoms with Crippen molar-refractivity contribution in [3.8, 4) is 6.07 Å². The fraction of sp³-hybridized carbons (Fsp3) is 0.407. The van der Waals surface area contributed by atoms with Crippen molar-refractivity contribution in [2.24, 2.45) is 5.92 Å². The van der Waals surface area contributed by atoms with Crippen LogP contribution in [0, 0.1) is 28.9 Å². The van der Waals surface area contributed by atoms with Crippen molar-refractivity contribution in [1.82, 2.24) is 9.88 Å². The van der Waals surface area contributed by atoms with Crippen molar-refractivity contribution in [1.29, 1.82) is 5.26 Å². The smallest absolute Gasteiger partial charge is 0.217 e. The number of carbonyl (C=O) groups excluding carboxylic acids is 1. The van der Waals surface area contributed by atoms with Crippen LogP contribution in [0.15, 0.2) is 42.5 Å². The number of hydrogen-bond donors (Lipinski definition) is 1. The molecule has 1 unspecified atom stereocenters. The van der Waals surface area contributed by atoms with Gasteiger partial charge in [-0.2, -0.15) is 5.26 Å². The normalized spacial score (nSPS) is 11.6. The summed E-state index contributed by atoms with van der Waals surface area (Å²) in [7, 11) is 0. The van der Waals surface area contributed by atoms with E-state index in [-0.39, 0.29) is 23.3 Å². The fourth-order valence-corrected chi connectivity index (χ4v) is 3.65. The van der Waals surface area contributed by atoms with Gasteiger partial charge in [0.2, 0.25) is 5.91 Å². The second-order valence-corrected chi connectivity index (χ2v) is 9.08. The van der Waals surface area contributed by atoms with Gasteiger partial charge in [-0.05, 0) is 68.0 Å². The predicted octanol–water partition coefficient (Wildman–Crippen LogP) is 6.35. The molecule has 0 aliphatic rings. The highest BCUT2D eigenvalue weighted by Gasteiger charge is 2.14. The van der Waals surface area contributed by atoms with Gasteiger partial charge in [0.15, 0.2) is 0 Å². The number of fused-ring (bicyclic) bond motifs is 1. The van der Waals surface area contributed by atoms with E-state index in [9.17, 15) is 13.6 Å². The van der Waals surface area contributed by atoms with Gasteiger partial charge in [0.25, 0.3) is 0 Å². The molecule has 0 bridgehead atoms. The second kappa shape index (κ2) is 12.2. The number of nitrogens with zero attached hydrogens (tertiary/aromatic N) is 2. The third kappa shape index (κ3) is 8.02. The van der Waals surface area contributed by atoms with Crippen LogP contribution < -0.4 is 5.32 Å². The number of halogens is 2. The number of benzene rings is 2. The van der Waals surface area contributed by atoms with Crippen molar-refractivity contribution < 1.29 is 13.6 Å². The lowest BCUT2D eigenvalue weighted by molar-refractivity contribution is -0.119. The van der Waals surface area contributed by atoms with Crippen LogP contribution in [0.4, 0.5) is 8.78 Å². The molecule has 1 heterocycles.